The lowest BCUT2D eigenvalue weighted by Crippen LogP contribution is -2.46. The van der Waals surface area contributed by atoms with E-state index in [0.717, 1.165) is 31.7 Å². The largest absolute Gasteiger partial charge is 0.494 e. The van der Waals surface area contributed by atoms with Crippen LogP contribution < -0.4 is 10.1 Å². The van der Waals surface area contributed by atoms with E-state index in [0.29, 0.717) is 17.7 Å². The summed E-state index contributed by atoms with van der Waals surface area (Å²) in [4.78, 5) is 2.54. The molecule has 1 saturated heterocycles. The molecule has 1 N–H and O–H groups in total. The number of hydrogen-bond acceptors (Lipinski definition) is 3. The molecule has 124 valence electrons. The van der Waals surface area contributed by atoms with Crippen molar-refractivity contribution in [1.82, 2.24) is 10.2 Å². The zero-order valence-corrected chi connectivity index (χ0v) is 14.0. The van der Waals surface area contributed by atoms with Gasteiger partial charge in [-0.3, -0.25) is 4.90 Å². The molecule has 1 heterocycles. The molecule has 0 unspecified atom stereocenters. The Bertz CT molecular complexity index is 474. The normalized spacial score (nSPS) is 21.4. The van der Waals surface area contributed by atoms with Crippen molar-refractivity contribution in [2.75, 3.05) is 33.3 Å². The molecule has 1 atom stereocenters. The summed E-state index contributed by atoms with van der Waals surface area (Å²) >= 11 is 0. The van der Waals surface area contributed by atoms with Crippen LogP contribution in [0.2, 0.25) is 0 Å². The highest BCUT2D eigenvalue weighted by molar-refractivity contribution is 5.85. The minimum atomic E-state index is -0.242. The third-order valence-electron chi connectivity index (χ3n) is 4.91. The Balaban J connectivity index is 0.00000176. The second-order valence-corrected chi connectivity index (χ2v) is 6.17. The van der Waals surface area contributed by atoms with Crippen LogP contribution in [0.15, 0.2) is 18.2 Å². The fourth-order valence-electron chi connectivity index (χ4n) is 3.88. The predicted molar refractivity (Wildman–Crippen MR) is 89.3 cm³/mol. The van der Waals surface area contributed by atoms with E-state index in [1.165, 1.54) is 32.8 Å². The molecule has 5 heteroatoms. The van der Waals surface area contributed by atoms with Crippen molar-refractivity contribution in [3.8, 4) is 5.75 Å². The molecule has 22 heavy (non-hydrogen) atoms. The minimum Gasteiger partial charge on any atom is -0.494 e. The van der Waals surface area contributed by atoms with Crippen molar-refractivity contribution < 1.29 is 9.13 Å². The number of nitrogens with zero attached hydrogens (tertiary/aromatic N) is 1. The first-order valence-electron chi connectivity index (χ1n) is 8.08. The summed E-state index contributed by atoms with van der Waals surface area (Å²) in [6, 6.07) is 5.86. The molecule has 2 fully saturated rings. The topological polar surface area (TPSA) is 24.5 Å². The van der Waals surface area contributed by atoms with Gasteiger partial charge in [0.05, 0.1) is 7.11 Å². The fourth-order valence-corrected chi connectivity index (χ4v) is 3.88. The van der Waals surface area contributed by atoms with E-state index in [9.17, 15) is 4.39 Å². The quantitative estimate of drug-likeness (QED) is 0.917. The average Bonchev–Trinajstić information content (AvgIpc) is 3.03. The van der Waals surface area contributed by atoms with Crippen molar-refractivity contribution in [3.05, 3.63) is 29.6 Å². The molecule has 0 amide bonds. The van der Waals surface area contributed by atoms with Gasteiger partial charge < -0.3 is 10.1 Å². The second kappa shape index (κ2) is 8.14. The van der Waals surface area contributed by atoms with Crippen LogP contribution in [0.25, 0.3) is 0 Å². The molecular formula is C17H26ClFN2O. The zero-order chi connectivity index (χ0) is 14.7. The number of benzene rings is 1. The number of rotatable bonds is 4. The summed E-state index contributed by atoms with van der Waals surface area (Å²) in [5, 5.41) is 3.41. The SMILES string of the molecule is COc1ccc([C@H](C2CCCC2)N2CCNCC2)cc1F.Cl. The molecule has 3 rings (SSSR count). The zero-order valence-electron chi connectivity index (χ0n) is 13.2. The Morgan fingerprint density at radius 1 is 1.23 bits per heavy atom. The van der Waals surface area contributed by atoms with E-state index in [2.05, 4.69) is 10.2 Å². The summed E-state index contributed by atoms with van der Waals surface area (Å²) in [5.74, 6) is 0.758. The molecule has 0 radical (unpaired) electrons. The highest BCUT2D eigenvalue weighted by atomic mass is 35.5. The van der Waals surface area contributed by atoms with Gasteiger partial charge in [-0.15, -0.1) is 12.4 Å². The molecule has 1 aromatic carbocycles. The van der Waals surface area contributed by atoms with Gasteiger partial charge in [0.25, 0.3) is 0 Å². The summed E-state index contributed by atoms with van der Waals surface area (Å²) in [6.07, 6.45) is 5.16. The molecular weight excluding hydrogens is 303 g/mol. The average molecular weight is 329 g/mol. The van der Waals surface area contributed by atoms with Crippen LogP contribution in [0, 0.1) is 11.7 Å². The molecule has 0 bridgehead atoms. The Labute approximate surface area is 138 Å². The maximum absolute atomic E-state index is 14.1. The van der Waals surface area contributed by atoms with Crippen LogP contribution in [-0.2, 0) is 0 Å². The highest BCUT2D eigenvalue weighted by Gasteiger charge is 2.32. The third kappa shape index (κ3) is 3.73. The number of ether oxygens (including phenoxy) is 1. The Morgan fingerprint density at radius 3 is 2.50 bits per heavy atom. The Kier molecular flexibility index (Phi) is 6.48. The number of halogens is 2. The van der Waals surface area contributed by atoms with Crippen molar-refractivity contribution in [3.63, 3.8) is 0 Å². The van der Waals surface area contributed by atoms with Crippen LogP contribution in [-0.4, -0.2) is 38.2 Å². The first-order chi connectivity index (χ1) is 10.3. The molecule has 0 aromatic heterocycles. The van der Waals surface area contributed by atoms with E-state index < -0.39 is 0 Å². The lowest BCUT2D eigenvalue weighted by atomic mass is 9.89. The van der Waals surface area contributed by atoms with Crippen LogP contribution in [0.1, 0.15) is 37.3 Å². The van der Waals surface area contributed by atoms with Gasteiger partial charge in [-0.2, -0.15) is 0 Å². The number of methoxy groups -OCH3 is 1. The number of hydrogen-bond donors (Lipinski definition) is 1. The Morgan fingerprint density at radius 2 is 1.91 bits per heavy atom. The molecule has 1 aliphatic heterocycles. The van der Waals surface area contributed by atoms with Crippen LogP contribution in [0.5, 0.6) is 5.75 Å². The van der Waals surface area contributed by atoms with Crippen molar-refractivity contribution >= 4 is 12.4 Å². The smallest absolute Gasteiger partial charge is 0.165 e. The minimum absolute atomic E-state index is 0. The molecule has 1 aliphatic carbocycles. The summed E-state index contributed by atoms with van der Waals surface area (Å²) < 4.78 is 19.2. The van der Waals surface area contributed by atoms with E-state index in [1.54, 1.807) is 12.1 Å². The van der Waals surface area contributed by atoms with Gasteiger partial charge >= 0.3 is 0 Å². The van der Waals surface area contributed by atoms with Crippen LogP contribution >= 0.6 is 12.4 Å². The van der Waals surface area contributed by atoms with Gasteiger partial charge in [0.1, 0.15) is 0 Å². The number of piperazine rings is 1. The summed E-state index contributed by atoms with van der Waals surface area (Å²) in [7, 11) is 1.52. The van der Waals surface area contributed by atoms with E-state index in [-0.39, 0.29) is 18.2 Å². The summed E-state index contributed by atoms with van der Waals surface area (Å²) in [6.45, 7) is 4.16. The Hall–Kier alpha value is -0.840. The lowest BCUT2D eigenvalue weighted by molar-refractivity contribution is 0.125. The summed E-state index contributed by atoms with van der Waals surface area (Å²) in [5.41, 5.74) is 1.11. The first-order valence-corrected chi connectivity index (χ1v) is 8.08. The van der Waals surface area contributed by atoms with Gasteiger partial charge in [0, 0.05) is 32.2 Å². The maximum Gasteiger partial charge on any atom is 0.165 e. The molecule has 0 spiro atoms. The number of nitrogens with one attached hydrogen (secondary N) is 1. The molecule has 2 aliphatic rings. The van der Waals surface area contributed by atoms with E-state index in [1.807, 2.05) is 6.07 Å². The van der Waals surface area contributed by atoms with Crippen molar-refractivity contribution in [2.45, 2.75) is 31.7 Å². The first kappa shape index (κ1) is 17.5. The van der Waals surface area contributed by atoms with Crippen molar-refractivity contribution in [1.29, 1.82) is 0 Å². The lowest BCUT2D eigenvalue weighted by Gasteiger charge is -2.38. The third-order valence-corrected chi connectivity index (χ3v) is 4.91. The van der Waals surface area contributed by atoms with Gasteiger partial charge in [-0.05, 0) is 36.5 Å². The van der Waals surface area contributed by atoms with Crippen molar-refractivity contribution in [2.24, 2.45) is 5.92 Å². The van der Waals surface area contributed by atoms with Crippen LogP contribution in [0.4, 0.5) is 4.39 Å². The molecule has 1 saturated carbocycles. The van der Waals surface area contributed by atoms with E-state index in [4.69, 9.17) is 4.74 Å². The molecule has 3 nitrogen and oxygen atoms in total. The standard InChI is InChI=1S/C17H25FN2O.ClH/c1-21-16-7-6-14(12-15(16)18)17(13-4-2-3-5-13)20-10-8-19-9-11-20;/h6-7,12-13,17,19H,2-5,8-11H2,1H3;1H/t17-;/m0./s1. The maximum atomic E-state index is 14.1. The van der Waals surface area contributed by atoms with E-state index >= 15 is 0 Å². The highest BCUT2D eigenvalue weighted by Crippen LogP contribution is 2.40. The van der Waals surface area contributed by atoms with Gasteiger partial charge in [-0.1, -0.05) is 18.9 Å². The van der Waals surface area contributed by atoms with Gasteiger partial charge in [0.15, 0.2) is 11.6 Å². The van der Waals surface area contributed by atoms with Gasteiger partial charge in [0.2, 0.25) is 0 Å². The second-order valence-electron chi connectivity index (χ2n) is 6.17. The monoisotopic (exact) mass is 328 g/mol. The van der Waals surface area contributed by atoms with Crippen LogP contribution in [0.3, 0.4) is 0 Å². The predicted octanol–water partition coefficient (Wildman–Crippen LogP) is 3.39. The molecule has 1 aromatic rings. The fraction of sp³-hybridized carbons (Fsp3) is 0.647. The van der Waals surface area contributed by atoms with Gasteiger partial charge in [-0.25, -0.2) is 4.39 Å².